The Balaban J connectivity index is 2.09. The fourth-order valence-electron chi connectivity index (χ4n) is 1.53. The predicted octanol–water partition coefficient (Wildman–Crippen LogP) is 3.67. The van der Waals surface area contributed by atoms with Crippen molar-refractivity contribution in [3.63, 3.8) is 0 Å². The van der Waals surface area contributed by atoms with Gasteiger partial charge in [0.15, 0.2) is 0 Å². The van der Waals surface area contributed by atoms with E-state index in [0.717, 1.165) is 5.56 Å². The van der Waals surface area contributed by atoms with Crippen molar-refractivity contribution in [2.45, 2.75) is 6.54 Å². The molecule has 0 amide bonds. The van der Waals surface area contributed by atoms with Crippen LogP contribution in [0.5, 0.6) is 0 Å². The maximum Gasteiger partial charge on any atom is 0.125 e. The number of rotatable bonds is 3. The van der Waals surface area contributed by atoms with Crippen molar-refractivity contribution < 1.29 is 4.39 Å². The van der Waals surface area contributed by atoms with E-state index in [1.165, 1.54) is 18.2 Å². The second-order valence-corrected chi connectivity index (χ2v) is 4.15. The highest BCUT2D eigenvalue weighted by Crippen LogP contribution is 2.20. The topological polar surface area (TPSA) is 38.0 Å². The number of nitrogens with two attached hydrogens (primary N) is 1. The molecule has 0 spiro atoms. The summed E-state index contributed by atoms with van der Waals surface area (Å²) in [6.07, 6.45) is 0. The number of halogens is 2. The first-order chi connectivity index (χ1) is 8.15. The van der Waals surface area contributed by atoms with Crippen LogP contribution in [0.2, 0.25) is 5.02 Å². The van der Waals surface area contributed by atoms with Crippen molar-refractivity contribution in [2.24, 2.45) is 0 Å². The average molecular weight is 251 g/mol. The molecule has 88 valence electrons. The molecule has 0 saturated carbocycles. The van der Waals surface area contributed by atoms with Gasteiger partial charge in [0.2, 0.25) is 0 Å². The first-order valence-electron chi connectivity index (χ1n) is 5.18. The molecule has 2 aromatic carbocycles. The van der Waals surface area contributed by atoms with E-state index in [2.05, 4.69) is 5.32 Å². The lowest BCUT2D eigenvalue weighted by Gasteiger charge is -2.09. The smallest absolute Gasteiger partial charge is 0.125 e. The van der Waals surface area contributed by atoms with Crippen molar-refractivity contribution in [1.29, 1.82) is 0 Å². The predicted molar refractivity (Wildman–Crippen MR) is 69.6 cm³/mol. The second-order valence-electron chi connectivity index (χ2n) is 3.72. The minimum atomic E-state index is -0.312. The van der Waals surface area contributed by atoms with Crippen LogP contribution in [0.25, 0.3) is 0 Å². The van der Waals surface area contributed by atoms with Crippen LogP contribution < -0.4 is 11.1 Å². The molecule has 0 saturated heterocycles. The molecule has 17 heavy (non-hydrogen) atoms. The number of benzene rings is 2. The molecule has 4 heteroatoms. The summed E-state index contributed by atoms with van der Waals surface area (Å²) in [6, 6.07) is 11.7. The van der Waals surface area contributed by atoms with Crippen molar-refractivity contribution in [3.05, 3.63) is 58.9 Å². The van der Waals surface area contributed by atoms with Gasteiger partial charge in [0.05, 0.1) is 11.4 Å². The lowest BCUT2D eigenvalue weighted by molar-refractivity contribution is 0.628. The number of hydrogen-bond donors (Lipinski definition) is 2. The number of anilines is 2. The summed E-state index contributed by atoms with van der Waals surface area (Å²) in [5.74, 6) is -0.312. The molecule has 0 radical (unpaired) electrons. The van der Waals surface area contributed by atoms with E-state index < -0.39 is 0 Å². The van der Waals surface area contributed by atoms with E-state index in [4.69, 9.17) is 17.3 Å². The van der Waals surface area contributed by atoms with Crippen LogP contribution >= 0.6 is 11.6 Å². The minimum absolute atomic E-state index is 0.312. The third-order valence-electron chi connectivity index (χ3n) is 2.39. The van der Waals surface area contributed by atoms with Gasteiger partial charge in [0.25, 0.3) is 0 Å². The van der Waals surface area contributed by atoms with Gasteiger partial charge in [-0.15, -0.1) is 0 Å². The third-order valence-corrected chi connectivity index (χ3v) is 2.62. The lowest BCUT2D eigenvalue weighted by Crippen LogP contribution is -2.02. The Morgan fingerprint density at radius 2 is 2.00 bits per heavy atom. The van der Waals surface area contributed by atoms with E-state index in [-0.39, 0.29) is 5.82 Å². The van der Waals surface area contributed by atoms with E-state index in [1.54, 1.807) is 0 Å². The quantitative estimate of drug-likeness (QED) is 0.816. The third kappa shape index (κ3) is 3.11. The molecule has 0 fully saturated rings. The van der Waals surface area contributed by atoms with Crippen LogP contribution in [-0.4, -0.2) is 0 Å². The van der Waals surface area contributed by atoms with Crippen molar-refractivity contribution >= 4 is 23.0 Å². The molecular formula is C13H12ClFN2. The van der Waals surface area contributed by atoms with Gasteiger partial charge in [-0.05, 0) is 35.9 Å². The summed E-state index contributed by atoms with van der Waals surface area (Å²) in [4.78, 5) is 0. The molecule has 3 N–H and O–H groups in total. The number of nitrogens with one attached hydrogen (secondary N) is 1. The maximum absolute atomic E-state index is 13.0. The normalized spacial score (nSPS) is 10.2. The molecule has 0 bridgehead atoms. The summed E-state index contributed by atoms with van der Waals surface area (Å²) >= 11 is 5.87. The Labute approximate surface area is 104 Å². The molecule has 0 aromatic heterocycles. The first kappa shape index (κ1) is 11.7. The molecule has 0 heterocycles. The first-order valence-corrected chi connectivity index (χ1v) is 5.56. The van der Waals surface area contributed by atoms with Gasteiger partial charge in [-0.1, -0.05) is 23.7 Å². The highest BCUT2D eigenvalue weighted by Gasteiger charge is 2.01. The SMILES string of the molecule is Nc1ccc(F)cc1NCc1cccc(Cl)c1. The van der Waals surface area contributed by atoms with Gasteiger partial charge in [-0.3, -0.25) is 0 Å². The highest BCUT2D eigenvalue weighted by atomic mass is 35.5. The summed E-state index contributed by atoms with van der Waals surface area (Å²) in [7, 11) is 0. The zero-order chi connectivity index (χ0) is 12.3. The minimum Gasteiger partial charge on any atom is -0.397 e. The van der Waals surface area contributed by atoms with E-state index in [0.29, 0.717) is 22.9 Å². The molecule has 0 atom stereocenters. The fraction of sp³-hybridized carbons (Fsp3) is 0.0769. The molecule has 0 aliphatic heterocycles. The lowest BCUT2D eigenvalue weighted by atomic mass is 10.2. The van der Waals surface area contributed by atoms with Crippen LogP contribution in [-0.2, 0) is 6.54 Å². The van der Waals surface area contributed by atoms with Gasteiger partial charge in [-0.2, -0.15) is 0 Å². The summed E-state index contributed by atoms with van der Waals surface area (Å²) in [6.45, 7) is 0.550. The van der Waals surface area contributed by atoms with Crippen molar-refractivity contribution in [1.82, 2.24) is 0 Å². The Hall–Kier alpha value is -1.74. The van der Waals surface area contributed by atoms with Gasteiger partial charge >= 0.3 is 0 Å². The zero-order valence-electron chi connectivity index (χ0n) is 9.08. The maximum atomic E-state index is 13.0. The zero-order valence-corrected chi connectivity index (χ0v) is 9.84. The van der Waals surface area contributed by atoms with Gasteiger partial charge in [0.1, 0.15) is 5.82 Å². The Bertz CT molecular complexity index is 529. The van der Waals surface area contributed by atoms with Crippen LogP contribution in [0.15, 0.2) is 42.5 Å². The van der Waals surface area contributed by atoms with Crippen LogP contribution in [0.1, 0.15) is 5.56 Å². The molecule has 2 rings (SSSR count). The highest BCUT2D eigenvalue weighted by molar-refractivity contribution is 6.30. The van der Waals surface area contributed by atoms with Gasteiger partial charge < -0.3 is 11.1 Å². The average Bonchev–Trinajstić information content (AvgIpc) is 2.30. The fourth-order valence-corrected chi connectivity index (χ4v) is 1.74. The van der Waals surface area contributed by atoms with E-state index in [9.17, 15) is 4.39 Å². The van der Waals surface area contributed by atoms with Crippen LogP contribution in [0.3, 0.4) is 0 Å². The van der Waals surface area contributed by atoms with Crippen molar-refractivity contribution in [3.8, 4) is 0 Å². The van der Waals surface area contributed by atoms with E-state index in [1.807, 2.05) is 24.3 Å². The molecule has 0 unspecified atom stereocenters. The van der Waals surface area contributed by atoms with Crippen LogP contribution in [0.4, 0.5) is 15.8 Å². The monoisotopic (exact) mass is 250 g/mol. The molecule has 2 aromatic rings. The number of hydrogen-bond acceptors (Lipinski definition) is 2. The standard InChI is InChI=1S/C13H12ClFN2/c14-10-3-1-2-9(6-10)8-17-13-7-11(15)4-5-12(13)16/h1-7,17H,8,16H2. The second kappa shape index (κ2) is 5.06. The van der Waals surface area contributed by atoms with E-state index >= 15 is 0 Å². The molecule has 0 aliphatic carbocycles. The van der Waals surface area contributed by atoms with Crippen molar-refractivity contribution in [2.75, 3.05) is 11.1 Å². The summed E-state index contributed by atoms with van der Waals surface area (Å²) < 4.78 is 13.0. The van der Waals surface area contributed by atoms with Gasteiger partial charge in [-0.25, -0.2) is 4.39 Å². The molecule has 0 aliphatic rings. The summed E-state index contributed by atoms with van der Waals surface area (Å²) in [5, 5.41) is 3.75. The molecule has 2 nitrogen and oxygen atoms in total. The Morgan fingerprint density at radius 1 is 1.18 bits per heavy atom. The van der Waals surface area contributed by atoms with Crippen LogP contribution in [0, 0.1) is 5.82 Å². The largest absolute Gasteiger partial charge is 0.397 e. The Kier molecular flexibility index (Phi) is 3.49. The number of nitrogen functional groups attached to an aromatic ring is 1. The molecular weight excluding hydrogens is 239 g/mol. The Morgan fingerprint density at radius 3 is 2.76 bits per heavy atom. The summed E-state index contributed by atoms with van der Waals surface area (Å²) in [5.41, 5.74) is 7.85. The van der Waals surface area contributed by atoms with Gasteiger partial charge in [0, 0.05) is 11.6 Å².